The van der Waals surface area contributed by atoms with Crippen LogP contribution in [0.25, 0.3) is 10.9 Å². The predicted octanol–water partition coefficient (Wildman–Crippen LogP) is 2.57. The van der Waals surface area contributed by atoms with E-state index in [1.165, 1.54) is 16.6 Å². The van der Waals surface area contributed by atoms with Gasteiger partial charge in [0.05, 0.1) is 17.4 Å². The lowest BCUT2D eigenvalue weighted by molar-refractivity contribution is 0.674. The van der Waals surface area contributed by atoms with Crippen LogP contribution < -0.4 is 5.32 Å². The molecule has 102 valence electrons. The Morgan fingerprint density at radius 1 is 1.10 bits per heavy atom. The van der Waals surface area contributed by atoms with E-state index < -0.39 is 0 Å². The fraction of sp³-hybridized carbons (Fsp3) is 0.250. The van der Waals surface area contributed by atoms with Gasteiger partial charge in [-0.25, -0.2) is 0 Å². The highest BCUT2D eigenvalue weighted by Crippen LogP contribution is 2.12. The summed E-state index contributed by atoms with van der Waals surface area (Å²) in [5.74, 6) is 0. The van der Waals surface area contributed by atoms with Crippen LogP contribution in [0.15, 0.2) is 42.6 Å². The van der Waals surface area contributed by atoms with E-state index in [-0.39, 0.29) is 0 Å². The van der Waals surface area contributed by atoms with Crippen LogP contribution in [0.3, 0.4) is 0 Å². The van der Waals surface area contributed by atoms with Crippen LogP contribution >= 0.6 is 0 Å². The van der Waals surface area contributed by atoms with Crippen molar-refractivity contribution in [2.75, 3.05) is 0 Å². The molecule has 0 aliphatic rings. The minimum absolute atomic E-state index is 0.763. The standard InChI is InChI=1S/C16H18N4/c1-12-14(10-18-20(12)2)9-17-11-15-8-7-13-5-3-4-6-16(13)19-15/h3-8,10,17H,9,11H2,1-2H3. The van der Waals surface area contributed by atoms with Crippen molar-refractivity contribution in [3.8, 4) is 0 Å². The van der Waals surface area contributed by atoms with Gasteiger partial charge in [-0.05, 0) is 19.1 Å². The van der Waals surface area contributed by atoms with Crippen molar-refractivity contribution in [1.82, 2.24) is 20.1 Å². The molecule has 3 rings (SSSR count). The Hall–Kier alpha value is -2.20. The predicted molar refractivity (Wildman–Crippen MR) is 80.2 cm³/mol. The molecule has 0 amide bonds. The van der Waals surface area contributed by atoms with Crippen LogP contribution in [0.4, 0.5) is 0 Å². The summed E-state index contributed by atoms with van der Waals surface area (Å²) < 4.78 is 1.89. The molecular formula is C16H18N4. The van der Waals surface area contributed by atoms with Crippen molar-refractivity contribution in [1.29, 1.82) is 0 Å². The number of aromatic nitrogens is 3. The minimum Gasteiger partial charge on any atom is -0.307 e. The number of fused-ring (bicyclic) bond motifs is 1. The topological polar surface area (TPSA) is 42.7 Å². The Bertz CT molecular complexity index is 730. The molecule has 0 spiro atoms. The lowest BCUT2D eigenvalue weighted by atomic mass is 10.2. The molecule has 20 heavy (non-hydrogen) atoms. The van der Waals surface area contributed by atoms with Gasteiger partial charge < -0.3 is 5.32 Å². The first-order valence-corrected chi connectivity index (χ1v) is 6.77. The molecule has 1 N–H and O–H groups in total. The van der Waals surface area contributed by atoms with E-state index in [1.54, 1.807) is 0 Å². The zero-order valence-electron chi connectivity index (χ0n) is 11.8. The lowest BCUT2D eigenvalue weighted by Gasteiger charge is -2.05. The highest BCUT2D eigenvalue weighted by Gasteiger charge is 2.03. The van der Waals surface area contributed by atoms with Gasteiger partial charge in [0.15, 0.2) is 0 Å². The second-order valence-electron chi connectivity index (χ2n) is 4.98. The smallest absolute Gasteiger partial charge is 0.0705 e. The SMILES string of the molecule is Cc1c(CNCc2ccc3ccccc3n2)cnn1C. The van der Waals surface area contributed by atoms with E-state index in [1.807, 2.05) is 36.1 Å². The second kappa shape index (κ2) is 5.43. The maximum Gasteiger partial charge on any atom is 0.0705 e. The molecule has 0 fully saturated rings. The highest BCUT2D eigenvalue weighted by molar-refractivity contribution is 5.78. The first-order valence-electron chi connectivity index (χ1n) is 6.77. The Morgan fingerprint density at radius 2 is 1.95 bits per heavy atom. The summed E-state index contributed by atoms with van der Waals surface area (Å²) in [5.41, 5.74) is 4.53. The van der Waals surface area contributed by atoms with Gasteiger partial charge in [0, 0.05) is 36.8 Å². The number of benzene rings is 1. The van der Waals surface area contributed by atoms with Gasteiger partial charge in [0.25, 0.3) is 0 Å². The summed E-state index contributed by atoms with van der Waals surface area (Å²) in [4.78, 5) is 4.65. The van der Waals surface area contributed by atoms with Crippen LogP contribution in [0.1, 0.15) is 17.0 Å². The first-order chi connectivity index (χ1) is 9.74. The van der Waals surface area contributed by atoms with Crippen LogP contribution in [-0.4, -0.2) is 14.8 Å². The third kappa shape index (κ3) is 2.56. The van der Waals surface area contributed by atoms with Crippen LogP contribution in [-0.2, 0) is 20.1 Å². The number of nitrogens with one attached hydrogen (secondary N) is 1. The summed E-state index contributed by atoms with van der Waals surface area (Å²) in [7, 11) is 1.96. The Balaban J connectivity index is 1.66. The Labute approximate surface area is 118 Å². The minimum atomic E-state index is 0.763. The number of hydrogen-bond acceptors (Lipinski definition) is 3. The average Bonchev–Trinajstić information content (AvgIpc) is 2.79. The Kier molecular flexibility index (Phi) is 3.48. The molecule has 0 aliphatic carbocycles. The van der Waals surface area contributed by atoms with Crippen molar-refractivity contribution in [3.05, 3.63) is 59.5 Å². The van der Waals surface area contributed by atoms with E-state index in [0.717, 1.165) is 24.3 Å². The maximum absolute atomic E-state index is 4.65. The third-order valence-electron chi connectivity index (χ3n) is 3.61. The van der Waals surface area contributed by atoms with Crippen molar-refractivity contribution < 1.29 is 0 Å². The molecule has 2 heterocycles. The molecule has 0 saturated carbocycles. The molecule has 2 aromatic heterocycles. The third-order valence-corrected chi connectivity index (χ3v) is 3.61. The van der Waals surface area contributed by atoms with E-state index >= 15 is 0 Å². The van der Waals surface area contributed by atoms with E-state index in [0.29, 0.717) is 0 Å². The highest BCUT2D eigenvalue weighted by atomic mass is 15.3. The van der Waals surface area contributed by atoms with Crippen molar-refractivity contribution >= 4 is 10.9 Å². The molecule has 4 nitrogen and oxygen atoms in total. The molecule has 0 radical (unpaired) electrons. The summed E-state index contributed by atoms with van der Waals surface area (Å²) in [6.07, 6.45) is 1.91. The molecule has 0 atom stereocenters. The van der Waals surface area contributed by atoms with Crippen molar-refractivity contribution in [3.63, 3.8) is 0 Å². The van der Waals surface area contributed by atoms with Crippen molar-refractivity contribution in [2.24, 2.45) is 7.05 Å². The van der Waals surface area contributed by atoms with E-state index in [4.69, 9.17) is 0 Å². The fourth-order valence-corrected chi connectivity index (χ4v) is 2.25. The number of hydrogen-bond donors (Lipinski definition) is 1. The second-order valence-corrected chi connectivity index (χ2v) is 4.98. The molecule has 4 heteroatoms. The first kappa shape index (κ1) is 12.8. The fourth-order valence-electron chi connectivity index (χ4n) is 2.25. The molecule has 0 aliphatic heterocycles. The van der Waals surface area contributed by atoms with Gasteiger partial charge in [-0.2, -0.15) is 5.10 Å². The lowest BCUT2D eigenvalue weighted by Crippen LogP contribution is -2.14. The van der Waals surface area contributed by atoms with E-state index in [9.17, 15) is 0 Å². The van der Waals surface area contributed by atoms with Gasteiger partial charge in [-0.15, -0.1) is 0 Å². The monoisotopic (exact) mass is 266 g/mol. The zero-order chi connectivity index (χ0) is 13.9. The number of pyridine rings is 1. The van der Waals surface area contributed by atoms with Crippen LogP contribution in [0.5, 0.6) is 0 Å². The van der Waals surface area contributed by atoms with E-state index in [2.05, 4.69) is 40.5 Å². The largest absolute Gasteiger partial charge is 0.307 e. The quantitative estimate of drug-likeness (QED) is 0.789. The van der Waals surface area contributed by atoms with Crippen LogP contribution in [0, 0.1) is 6.92 Å². The molecule has 0 saturated heterocycles. The normalized spacial score (nSPS) is 11.1. The molecule has 3 aromatic rings. The van der Waals surface area contributed by atoms with Gasteiger partial charge >= 0.3 is 0 Å². The number of nitrogens with zero attached hydrogens (tertiary/aromatic N) is 3. The summed E-state index contributed by atoms with van der Waals surface area (Å²) in [6, 6.07) is 12.4. The van der Waals surface area contributed by atoms with Gasteiger partial charge in [-0.3, -0.25) is 9.67 Å². The summed E-state index contributed by atoms with van der Waals surface area (Å²) in [5, 5.41) is 8.84. The van der Waals surface area contributed by atoms with Gasteiger partial charge in [0.1, 0.15) is 0 Å². The summed E-state index contributed by atoms with van der Waals surface area (Å²) in [6.45, 7) is 3.66. The average molecular weight is 266 g/mol. The van der Waals surface area contributed by atoms with Gasteiger partial charge in [-0.1, -0.05) is 24.3 Å². The maximum atomic E-state index is 4.65. The number of para-hydroxylation sites is 1. The molecule has 0 bridgehead atoms. The number of aryl methyl sites for hydroxylation is 1. The van der Waals surface area contributed by atoms with Crippen LogP contribution in [0.2, 0.25) is 0 Å². The molecule has 0 unspecified atom stereocenters. The number of rotatable bonds is 4. The van der Waals surface area contributed by atoms with Gasteiger partial charge in [0.2, 0.25) is 0 Å². The molecule has 1 aromatic carbocycles. The Morgan fingerprint density at radius 3 is 2.75 bits per heavy atom. The summed E-state index contributed by atoms with van der Waals surface area (Å²) >= 11 is 0. The van der Waals surface area contributed by atoms with Crippen molar-refractivity contribution in [2.45, 2.75) is 20.0 Å². The molecular weight excluding hydrogens is 248 g/mol. The zero-order valence-corrected chi connectivity index (χ0v) is 11.8.